The molecule has 5 heteroatoms. The topological polar surface area (TPSA) is 87.7 Å². The Morgan fingerprint density at radius 3 is 2.25 bits per heavy atom. The Balaban J connectivity index is 2.43. The number of rotatable bonds is 4. The molecule has 0 spiro atoms. The van der Waals surface area contributed by atoms with E-state index in [-0.39, 0.29) is 11.8 Å². The van der Waals surface area contributed by atoms with Crippen LogP contribution in [0.1, 0.15) is 26.7 Å². The molecule has 3 N–H and O–H groups in total. The van der Waals surface area contributed by atoms with Crippen molar-refractivity contribution in [2.24, 2.45) is 17.1 Å². The summed E-state index contributed by atoms with van der Waals surface area (Å²) in [7, 11) is 0. The number of likely N-dealkylation sites (tertiary alicyclic amines) is 1. The third kappa shape index (κ3) is 3.20. The van der Waals surface area contributed by atoms with Crippen LogP contribution < -0.4 is 15.7 Å². The van der Waals surface area contributed by atoms with E-state index < -0.39 is 11.4 Å². The predicted octanol–water partition coefficient (Wildman–Crippen LogP) is -2.46. The number of aliphatic carboxylic acids is 1. The minimum Gasteiger partial charge on any atom is -0.549 e. The van der Waals surface area contributed by atoms with Crippen LogP contribution in [-0.2, 0) is 9.59 Å². The second kappa shape index (κ2) is 4.82. The molecule has 1 amide bonds. The summed E-state index contributed by atoms with van der Waals surface area (Å²) in [5.41, 5.74) is 4.43. The summed E-state index contributed by atoms with van der Waals surface area (Å²) in [6.45, 7) is 5.51. The van der Waals surface area contributed by atoms with Crippen molar-refractivity contribution < 1.29 is 19.6 Å². The summed E-state index contributed by atoms with van der Waals surface area (Å²) < 4.78 is 0. The zero-order valence-electron chi connectivity index (χ0n) is 9.91. The molecule has 1 rings (SSSR count). The molecule has 1 aliphatic rings. The van der Waals surface area contributed by atoms with Crippen LogP contribution in [0.2, 0.25) is 0 Å². The maximum absolute atomic E-state index is 11.0. The van der Waals surface area contributed by atoms with E-state index in [0.717, 1.165) is 25.9 Å². The zero-order valence-corrected chi connectivity index (χ0v) is 9.91. The van der Waals surface area contributed by atoms with Crippen molar-refractivity contribution in [3.05, 3.63) is 0 Å². The lowest BCUT2D eigenvalue weighted by Gasteiger charge is -2.34. The second-order valence-corrected chi connectivity index (χ2v) is 5.27. The summed E-state index contributed by atoms with van der Waals surface area (Å²) in [4.78, 5) is 23.0. The van der Waals surface area contributed by atoms with Crippen molar-refractivity contribution in [2.75, 3.05) is 19.6 Å². The number of primary amides is 1. The molecular weight excluding hydrogens is 208 g/mol. The smallest absolute Gasteiger partial charge is 0.220 e. The number of piperidine rings is 1. The lowest BCUT2D eigenvalue weighted by Crippen LogP contribution is -3.14. The van der Waals surface area contributed by atoms with Gasteiger partial charge in [-0.2, -0.15) is 0 Å². The van der Waals surface area contributed by atoms with E-state index >= 15 is 0 Å². The summed E-state index contributed by atoms with van der Waals surface area (Å²) in [5, 5.41) is 10.9. The van der Waals surface area contributed by atoms with Gasteiger partial charge in [0.2, 0.25) is 5.91 Å². The van der Waals surface area contributed by atoms with E-state index in [2.05, 4.69) is 0 Å². The van der Waals surface area contributed by atoms with Gasteiger partial charge in [0.15, 0.2) is 0 Å². The molecule has 1 fully saturated rings. The first-order chi connectivity index (χ1) is 7.33. The van der Waals surface area contributed by atoms with E-state index in [0.29, 0.717) is 6.54 Å². The summed E-state index contributed by atoms with van der Waals surface area (Å²) in [5.74, 6) is -1.29. The number of carboxylic acids is 1. The Labute approximate surface area is 95.6 Å². The van der Waals surface area contributed by atoms with E-state index in [9.17, 15) is 14.7 Å². The predicted molar refractivity (Wildman–Crippen MR) is 56.3 cm³/mol. The first-order valence-corrected chi connectivity index (χ1v) is 5.67. The number of quaternary nitrogens is 1. The van der Waals surface area contributed by atoms with Crippen LogP contribution in [0, 0.1) is 11.3 Å². The standard InChI is InChI=1S/C11H20N2O3/c1-11(2,10(15)16)7-13-5-3-8(4-6-13)9(12)14/h8H,3-7H2,1-2H3,(H2,12,14)(H,15,16). The van der Waals surface area contributed by atoms with Gasteiger partial charge in [-0.3, -0.25) is 4.79 Å². The average Bonchev–Trinajstić information content (AvgIpc) is 2.17. The fourth-order valence-corrected chi connectivity index (χ4v) is 2.18. The highest BCUT2D eigenvalue weighted by atomic mass is 16.4. The van der Waals surface area contributed by atoms with Gasteiger partial charge in [0.05, 0.1) is 31.0 Å². The molecule has 1 heterocycles. The lowest BCUT2D eigenvalue weighted by molar-refractivity contribution is -0.911. The van der Waals surface area contributed by atoms with Crippen molar-refractivity contribution >= 4 is 11.9 Å². The van der Waals surface area contributed by atoms with Crippen molar-refractivity contribution in [2.45, 2.75) is 26.7 Å². The largest absolute Gasteiger partial charge is 0.549 e. The Hall–Kier alpha value is -1.10. The van der Waals surface area contributed by atoms with Crippen LogP contribution in [0.4, 0.5) is 0 Å². The Morgan fingerprint density at radius 1 is 1.38 bits per heavy atom. The minimum atomic E-state index is -1.02. The van der Waals surface area contributed by atoms with Gasteiger partial charge in [-0.1, -0.05) is 0 Å². The van der Waals surface area contributed by atoms with Crippen LogP contribution in [0.25, 0.3) is 0 Å². The third-order valence-electron chi connectivity index (χ3n) is 3.34. The van der Waals surface area contributed by atoms with E-state index in [1.807, 2.05) is 0 Å². The lowest BCUT2D eigenvalue weighted by atomic mass is 9.90. The summed E-state index contributed by atoms with van der Waals surface area (Å²) in [6.07, 6.45) is 1.52. The molecule has 0 aliphatic carbocycles. The number of hydrogen-bond donors (Lipinski definition) is 2. The van der Waals surface area contributed by atoms with Gasteiger partial charge in [-0.25, -0.2) is 0 Å². The number of amides is 1. The quantitative estimate of drug-likeness (QED) is 0.559. The van der Waals surface area contributed by atoms with Crippen LogP contribution >= 0.6 is 0 Å². The molecule has 0 radical (unpaired) electrons. The van der Waals surface area contributed by atoms with Gasteiger partial charge in [-0.05, 0) is 13.8 Å². The molecule has 0 aromatic heterocycles. The number of carbonyl (C=O) groups is 2. The molecule has 1 aliphatic heterocycles. The van der Waals surface area contributed by atoms with Crippen LogP contribution in [-0.4, -0.2) is 31.5 Å². The highest BCUT2D eigenvalue weighted by molar-refractivity contribution is 5.76. The molecule has 0 aromatic carbocycles. The maximum Gasteiger partial charge on any atom is 0.220 e. The summed E-state index contributed by atoms with van der Waals surface area (Å²) >= 11 is 0. The SMILES string of the molecule is CC(C)(C[NH+]1CCC(C(N)=O)CC1)C(=O)[O-]. The zero-order chi connectivity index (χ0) is 12.3. The van der Waals surface area contributed by atoms with Crippen LogP contribution in [0.3, 0.4) is 0 Å². The number of hydrogen-bond acceptors (Lipinski definition) is 3. The Morgan fingerprint density at radius 2 is 1.88 bits per heavy atom. The molecule has 92 valence electrons. The summed E-state index contributed by atoms with van der Waals surface area (Å²) in [6, 6.07) is 0. The van der Waals surface area contributed by atoms with E-state index in [4.69, 9.17) is 5.73 Å². The molecule has 16 heavy (non-hydrogen) atoms. The monoisotopic (exact) mass is 228 g/mol. The van der Waals surface area contributed by atoms with Crippen LogP contribution in [0.5, 0.6) is 0 Å². The Bertz CT molecular complexity index is 281. The minimum absolute atomic E-state index is 0.0326. The van der Waals surface area contributed by atoms with Crippen LogP contribution in [0.15, 0.2) is 0 Å². The first kappa shape index (κ1) is 13.0. The van der Waals surface area contributed by atoms with Crippen molar-refractivity contribution in [3.63, 3.8) is 0 Å². The molecule has 0 unspecified atom stereocenters. The van der Waals surface area contributed by atoms with Crippen molar-refractivity contribution in [1.29, 1.82) is 0 Å². The molecule has 0 atom stereocenters. The van der Waals surface area contributed by atoms with Gasteiger partial charge in [0, 0.05) is 18.8 Å². The molecular formula is C11H20N2O3. The fourth-order valence-electron chi connectivity index (χ4n) is 2.18. The highest BCUT2D eigenvalue weighted by Crippen LogP contribution is 2.12. The normalized spacial score (nSPS) is 26.4. The molecule has 0 aromatic rings. The van der Waals surface area contributed by atoms with E-state index in [1.54, 1.807) is 13.8 Å². The highest BCUT2D eigenvalue weighted by Gasteiger charge is 2.31. The average molecular weight is 228 g/mol. The fraction of sp³-hybridized carbons (Fsp3) is 0.818. The second-order valence-electron chi connectivity index (χ2n) is 5.27. The van der Waals surface area contributed by atoms with Gasteiger partial charge >= 0.3 is 0 Å². The molecule has 5 nitrogen and oxygen atoms in total. The first-order valence-electron chi connectivity index (χ1n) is 5.67. The number of nitrogens with one attached hydrogen (secondary N) is 1. The molecule has 1 saturated heterocycles. The number of carboxylic acid groups (broad SMARTS) is 1. The molecule has 0 bridgehead atoms. The van der Waals surface area contributed by atoms with Gasteiger partial charge < -0.3 is 20.5 Å². The maximum atomic E-state index is 11.0. The number of nitrogens with two attached hydrogens (primary N) is 1. The van der Waals surface area contributed by atoms with E-state index in [1.165, 1.54) is 4.90 Å². The Kier molecular flexibility index (Phi) is 3.91. The molecule has 0 saturated carbocycles. The van der Waals surface area contributed by atoms with Crippen molar-refractivity contribution in [3.8, 4) is 0 Å². The van der Waals surface area contributed by atoms with Gasteiger partial charge in [0.25, 0.3) is 0 Å². The van der Waals surface area contributed by atoms with Crippen molar-refractivity contribution in [1.82, 2.24) is 0 Å². The van der Waals surface area contributed by atoms with Gasteiger partial charge in [0.1, 0.15) is 0 Å². The van der Waals surface area contributed by atoms with Gasteiger partial charge in [-0.15, -0.1) is 0 Å². The third-order valence-corrected chi connectivity index (χ3v) is 3.34. The number of carbonyl (C=O) groups excluding carboxylic acids is 2.